The van der Waals surface area contributed by atoms with Gasteiger partial charge in [-0.1, -0.05) is 48.5 Å². The first-order chi connectivity index (χ1) is 16.4. The molecule has 0 unspecified atom stereocenters. The van der Waals surface area contributed by atoms with E-state index in [0.717, 1.165) is 11.1 Å². The molecular weight excluding hydrogens is 452 g/mol. The Kier molecular flexibility index (Phi) is 7.60. The van der Waals surface area contributed by atoms with Crippen molar-refractivity contribution in [2.75, 3.05) is 26.0 Å². The average Bonchev–Trinajstić information content (AvgIpc) is 2.84. The van der Waals surface area contributed by atoms with Gasteiger partial charge in [0.25, 0.3) is 5.91 Å². The van der Waals surface area contributed by atoms with Gasteiger partial charge < -0.3 is 24.4 Å². The van der Waals surface area contributed by atoms with Gasteiger partial charge in [0, 0.05) is 17.7 Å². The normalized spacial score (nSPS) is 21.4. The lowest BCUT2D eigenvalue weighted by atomic mass is 10.0. The number of esters is 1. The van der Waals surface area contributed by atoms with E-state index >= 15 is 0 Å². The summed E-state index contributed by atoms with van der Waals surface area (Å²) in [6.07, 6.45) is 1.97. The molecule has 0 radical (unpaired) electrons. The number of benzene rings is 2. The third-order valence-corrected chi connectivity index (χ3v) is 6.92. The van der Waals surface area contributed by atoms with E-state index in [0.29, 0.717) is 17.8 Å². The van der Waals surface area contributed by atoms with Gasteiger partial charge in [0.1, 0.15) is 12.3 Å². The Morgan fingerprint density at radius 3 is 2.29 bits per heavy atom. The molecule has 2 saturated heterocycles. The summed E-state index contributed by atoms with van der Waals surface area (Å²) in [5.74, 6) is -1.25. The monoisotopic (exact) mass is 482 g/mol. The predicted molar refractivity (Wildman–Crippen MR) is 131 cm³/mol. The third-order valence-electron chi connectivity index (χ3n) is 5.85. The lowest BCUT2D eigenvalue weighted by molar-refractivity contribution is -0.226. The van der Waals surface area contributed by atoms with Crippen molar-refractivity contribution in [3.05, 3.63) is 83.1 Å². The largest absolute Gasteiger partial charge is 0.456 e. The first kappa shape index (κ1) is 24.3. The van der Waals surface area contributed by atoms with Crippen LogP contribution in [0.5, 0.6) is 0 Å². The highest BCUT2D eigenvalue weighted by atomic mass is 32.2. The first-order valence-corrected chi connectivity index (χ1v) is 12.5. The molecule has 2 aliphatic rings. The number of amides is 1. The molecule has 7 nitrogen and oxygen atoms in total. The smallest absolute Gasteiger partial charge is 0.355 e. The number of carbonyl (C=O) groups is 2. The first-order valence-electron chi connectivity index (χ1n) is 11.2. The van der Waals surface area contributed by atoms with Crippen molar-refractivity contribution in [1.29, 1.82) is 0 Å². The standard InChI is InChI=1S/C26H30N2O5S/c1-26(2)32-16-20(17-33-26)22(25(30)31-15-18-10-6-4-7-11-18)28-14-21(24(28)34-3)27-23(29)19-12-8-5-9-13-19/h4-13,21,24H,14-17H2,1-3H3,(H,27,29)/t21-,24+/m1/s1. The molecule has 34 heavy (non-hydrogen) atoms. The summed E-state index contributed by atoms with van der Waals surface area (Å²) < 4.78 is 17.3. The molecule has 0 saturated carbocycles. The molecule has 0 spiro atoms. The van der Waals surface area contributed by atoms with Crippen LogP contribution in [-0.2, 0) is 25.6 Å². The van der Waals surface area contributed by atoms with Gasteiger partial charge in [0.2, 0.25) is 0 Å². The van der Waals surface area contributed by atoms with Crippen LogP contribution in [0.25, 0.3) is 0 Å². The number of likely N-dealkylation sites (tertiary alicyclic amines) is 1. The van der Waals surface area contributed by atoms with Crippen molar-refractivity contribution in [1.82, 2.24) is 10.2 Å². The summed E-state index contributed by atoms with van der Waals surface area (Å²) in [4.78, 5) is 27.9. The van der Waals surface area contributed by atoms with Gasteiger partial charge in [0.15, 0.2) is 5.79 Å². The Bertz CT molecular complexity index is 1030. The van der Waals surface area contributed by atoms with Crippen LogP contribution in [0.15, 0.2) is 71.9 Å². The lowest BCUT2D eigenvalue weighted by Crippen LogP contribution is -2.65. The summed E-state index contributed by atoms with van der Waals surface area (Å²) in [6.45, 7) is 4.92. The van der Waals surface area contributed by atoms with E-state index in [1.54, 1.807) is 23.9 Å². The van der Waals surface area contributed by atoms with Gasteiger partial charge in [-0.2, -0.15) is 0 Å². The molecule has 4 rings (SSSR count). The van der Waals surface area contributed by atoms with Crippen molar-refractivity contribution in [3.63, 3.8) is 0 Å². The van der Waals surface area contributed by atoms with Crippen molar-refractivity contribution >= 4 is 23.6 Å². The zero-order valence-corrected chi connectivity index (χ0v) is 20.5. The summed E-state index contributed by atoms with van der Waals surface area (Å²) in [7, 11) is 0. The number of thioether (sulfide) groups is 1. The van der Waals surface area contributed by atoms with Crippen molar-refractivity contribution in [3.8, 4) is 0 Å². The molecule has 2 aromatic carbocycles. The van der Waals surface area contributed by atoms with E-state index in [2.05, 4.69) is 5.32 Å². The number of nitrogens with one attached hydrogen (secondary N) is 1. The summed E-state index contributed by atoms with van der Waals surface area (Å²) in [6, 6.07) is 18.6. The van der Waals surface area contributed by atoms with Crippen LogP contribution in [0.3, 0.4) is 0 Å². The summed E-state index contributed by atoms with van der Waals surface area (Å²) >= 11 is 1.58. The molecule has 1 N–H and O–H groups in total. The maximum atomic E-state index is 13.3. The Morgan fingerprint density at radius 2 is 1.68 bits per heavy atom. The topological polar surface area (TPSA) is 77.1 Å². The molecule has 180 valence electrons. The van der Waals surface area contributed by atoms with Crippen LogP contribution >= 0.6 is 11.8 Å². The minimum atomic E-state index is -0.706. The molecule has 0 bridgehead atoms. The fourth-order valence-corrected chi connectivity index (χ4v) is 4.88. The van der Waals surface area contributed by atoms with Crippen LogP contribution in [0, 0.1) is 0 Å². The highest BCUT2D eigenvalue weighted by molar-refractivity contribution is 7.99. The zero-order valence-electron chi connectivity index (χ0n) is 19.7. The number of nitrogens with zero attached hydrogens (tertiary/aromatic N) is 1. The van der Waals surface area contributed by atoms with Crippen molar-refractivity contribution in [2.24, 2.45) is 0 Å². The third kappa shape index (κ3) is 5.63. The maximum absolute atomic E-state index is 13.3. The highest BCUT2D eigenvalue weighted by Crippen LogP contribution is 2.35. The second-order valence-electron chi connectivity index (χ2n) is 8.72. The van der Waals surface area contributed by atoms with Gasteiger partial charge >= 0.3 is 5.97 Å². The number of hydrogen-bond donors (Lipinski definition) is 1. The molecule has 2 heterocycles. The Labute approximate surface area is 204 Å². The SMILES string of the molecule is CS[C@H]1[C@H](NC(=O)c2ccccc2)CN1C(C(=O)OCc1ccccc1)=C1COC(C)(C)OC1. The molecule has 8 heteroatoms. The fraction of sp³-hybridized carbons (Fsp3) is 0.385. The Hall–Kier alpha value is -2.81. The van der Waals surface area contributed by atoms with E-state index in [-0.39, 0.29) is 37.1 Å². The predicted octanol–water partition coefficient (Wildman–Crippen LogP) is 3.57. The van der Waals surface area contributed by atoms with E-state index in [1.807, 2.05) is 73.5 Å². The minimum Gasteiger partial charge on any atom is -0.456 e. The lowest BCUT2D eigenvalue weighted by Gasteiger charge is -2.50. The van der Waals surface area contributed by atoms with E-state index < -0.39 is 11.8 Å². The fourth-order valence-electron chi connectivity index (χ4n) is 3.95. The molecule has 2 aromatic rings. The van der Waals surface area contributed by atoms with Gasteiger partial charge in [-0.15, -0.1) is 11.8 Å². The van der Waals surface area contributed by atoms with Crippen LogP contribution in [-0.4, -0.2) is 60.0 Å². The second kappa shape index (κ2) is 10.6. The van der Waals surface area contributed by atoms with Gasteiger partial charge in [-0.3, -0.25) is 4.79 Å². The van der Waals surface area contributed by atoms with Gasteiger partial charge in [-0.25, -0.2) is 4.79 Å². The van der Waals surface area contributed by atoms with E-state index in [9.17, 15) is 9.59 Å². The van der Waals surface area contributed by atoms with Gasteiger partial charge in [0.05, 0.1) is 24.6 Å². The number of hydrogen-bond acceptors (Lipinski definition) is 7. The molecule has 2 atom stereocenters. The highest BCUT2D eigenvalue weighted by Gasteiger charge is 2.44. The Morgan fingerprint density at radius 1 is 1.06 bits per heavy atom. The Balaban J connectivity index is 1.50. The van der Waals surface area contributed by atoms with Crippen molar-refractivity contribution in [2.45, 2.75) is 37.7 Å². The average molecular weight is 483 g/mol. The minimum absolute atomic E-state index is 0.109. The number of ether oxygens (including phenoxy) is 3. The van der Waals surface area contributed by atoms with E-state index in [4.69, 9.17) is 14.2 Å². The summed E-state index contributed by atoms with van der Waals surface area (Å²) in [5, 5.41) is 2.98. The summed E-state index contributed by atoms with van der Waals surface area (Å²) in [5.41, 5.74) is 2.72. The second-order valence-corrected chi connectivity index (χ2v) is 9.67. The molecule has 2 fully saturated rings. The molecule has 1 amide bonds. The van der Waals surface area contributed by atoms with Crippen LogP contribution in [0.4, 0.5) is 0 Å². The van der Waals surface area contributed by atoms with Crippen LogP contribution in [0.1, 0.15) is 29.8 Å². The number of rotatable bonds is 7. The van der Waals surface area contributed by atoms with Crippen LogP contribution < -0.4 is 5.32 Å². The zero-order chi connectivity index (χ0) is 24.1. The molecule has 0 aliphatic carbocycles. The van der Waals surface area contributed by atoms with Crippen molar-refractivity contribution < 1.29 is 23.8 Å². The van der Waals surface area contributed by atoms with Gasteiger partial charge in [-0.05, 0) is 37.8 Å². The molecule has 2 aliphatic heterocycles. The van der Waals surface area contributed by atoms with Crippen LogP contribution in [0.2, 0.25) is 0 Å². The molecular formula is C26H30N2O5S. The quantitative estimate of drug-likeness (QED) is 0.478. The number of carbonyl (C=O) groups excluding carboxylic acids is 2. The maximum Gasteiger partial charge on any atom is 0.355 e. The molecule has 0 aromatic heterocycles. The van der Waals surface area contributed by atoms with E-state index in [1.165, 1.54) is 0 Å².